The molecule has 0 N–H and O–H groups in total. The third kappa shape index (κ3) is 1.08. The number of allylic oxidation sites excluding steroid dienone is 2. The Bertz CT molecular complexity index is 316. The van der Waals surface area contributed by atoms with E-state index >= 15 is 0 Å². The molecule has 0 amide bonds. The topological polar surface area (TPSA) is 26.3 Å². The number of carbonyl (C=O) groups excluding carboxylic acids is 1. The molecule has 0 bridgehead atoms. The van der Waals surface area contributed by atoms with Gasteiger partial charge in [0.05, 0.1) is 12.0 Å². The van der Waals surface area contributed by atoms with Crippen LogP contribution in [-0.2, 0) is 9.53 Å². The van der Waals surface area contributed by atoms with Crippen molar-refractivity contribution in [3.8, 4) is 0 Å². The Morgan fingerprint density at radius 3 is 2.73 bits per heavy atom. The van der Waals surface area contributed by atoms with E-state index in [4.69, 9.17) is 4.74 Å². The molecule has 2 nitrogen and oxygen atoms in total. The highest BCUT2D eigenvalue weighted by atomic mass is 16.5. The molecule has 0 radical (unpaired) electrons. The molecule has 1 aliphatic heterocycles. The van der Waals surface area contributed by atoms with Crippen molar-refractivity contribution in [3.63, 3.8) is 0 Å². The second-order valence-corrected chi connectivity index (χ2v) is 5.34. The number of hydrogen-bond acceptors (Lipinski definition) is 2. The van der Waals surface area contributed by atoms with Crippen molar-refractivity contribution in [2.45, 2.75) is 44.9 Å². The van der Waals surface area contributed by atoms with Gasteiger partial charge in [0.1, 0.15) is 0 Å². The van der Waals surface area contributed by atoms with E-state index in [1.54, 1.807) is 0 Å². The molecule has 0 spiro atoms. The van der Waals surface area contributed by atoms with Crippen molar-refractivity contribution in [1.29, 1.82) is 0 Å². The van der Waals surface area contributed by atoms with Crippen LogP contribution in [0.4, 0.5) is 0 Å². The van der Waals surface area contributed by atoms with Gasteiger partial charge in [0.2, 0.25) is 0 Å². The summed E-state index contributed by atoms with van der Waals surface area (Å²) in [6, 6.07) is 0. The molecular weight excluding hydrogens is 188 g/mol. The highest BCUT2D eigenvalue weighted by Crippen LogP contribution is 2.61. The van der Waals surface area contributed by atoms with Crippen molar-refractivity contribution < 1.29 is 9.53 Å². The van der Waals surface area contributed by atoms with Gasteiger partial charge in [-0.25, -0.2) is 0 Å². The Morgan fingerprint density at radius 1 is 1.07 bits per heavy atom. The predicted octanol–water partition coefficient (Wildman–Crippen LogP) is 2.83. The lowest BCUT2D eigenvalue weighted by molar-refractivity contribution is -0.186. The van der Waals surface area contributed by atoms with Gasteiger partial charge in [0.25, 0.3) is 0 Å². The van der Waals surface area contributed by atoms with Gasteiger partial charge >= 0.3 is 5.97 Å². The van der Waals surface area contributed by atoms with Gasteiger partial charge < -0.3 is 4.74 Å². The summed E-state index contributed by atoms with van der Waals surface area (Å²) < 4.78 is 5.33. The zero-order valence-electron chi connectivity index (χ0n) is 9.13. The quantitative estimate of drug-likeness (QED) is 0.450. The van der Waals surface area contributed by atoms with Crippen LogP contribution in [-0.4, -0.2) is 12.6 Å². The van der Waals surface area contributed by atoms with Crippen LogP contribution in [0.3, 0.4) is 0 Å². The maximum atomic E-state index is 12.1. The lowest BCUT2D eigenvalue weighted by atomic mass is 9.49. The largest absolute Gasteiger partial charge is 0.465 e. The normalized spacial score (nSPS) is 44.1. The molecule has 2 atom stereocenters. The Morgan fingerprint density at radius 2 is 1.87 bits per heavy atom. The summed E-state index contributed by atoms with van der Waals surface area (Å²) in [7, 11) is 0. The molecule has 1 heterocycles. The van der Waals surface area contributed by atoms with Gasteiger partial charge in [-0.15, -0.1) is 0 Å². The molecule has 2 fully saturated rings. The first-order valence-corrected chi connectivity index (χ1v) is 6.11. The van der Waals surface area contributed by atoms with Crippen molar-refractivity contribution in [2.75, 3.05) is 6.61 Å². The fourth-order valence-electron chi connectivity index (χ4n) is 3.95. The molecular formula is C13H18O2. The van der Waals surface area contributed by atoms with Crippen molar-refractivity contribution in [1.82, 2.24) is 0 Å². The van der Waals surface area contributed by atoms with Crippen LogP contribution < -0.4 is 0 Å². The molecule has 2 aliphatic carbocycles. The monoisotopic (exact) mass is 206 g/mol. The van der Waals surface area contributed by atoms with Crippen molar-refractivity contribution in [2.24, 2.45) is 10.8 Å². The van der Waals surface area contributed by atoms with E-state index in [1.807, 2.05) is 0 Å². The van der Waals surface area contributed by atoms with Crippen LogP contribution >= 0.6 is 0 Å². The lowest BCUT2D eigenvalue weighted by Gasteiger charge is -2.55. The zero-order valence-corrected chi connectivity index (χ0v) is 9.13. The van der Waals surface area contributed by atoms with E-state index in [-0.39, 0.29) is 16.8 Å². The molecule has 0 aromatic carbocycles. The average Bonchev–Trinajstić information content (AvgIpc) is 2.28. The number of rotatable bonds is 0. The third-order valence-corrected chi connectivity index (χ3v) is 4.87. The first-order chi connectivity index (χ1) is 7.29. The summed E-state index contributed by atoms with van der Waals surface area (Å²) in [6.07, 6.45) is 12.4. The molecule has 0 aromatic heterocycles. The molecule has 0 aromatic rings. The molecule has 1 saturated carbocycles. The van der Waals surface area contributed by atoms with E-state index in [1.165, 1.54) is 19.3 Å². The Balaban J connectivity index is 2.07. The number of ether oxygens (including phenoxy) is 1. The Hall–Kier alpha value is -0.790. The highest BCUT2D eigenvalue weighted by molar-refractivity contribution is 5.79. The van der Waals surface area contributed by atoms with Gasteiger partial charge in [-0.1, -0.05) is 25.0 Å². The van der Waals surface area contributed by atoms with E-state index in [0.29, 0.717) is 6.61 Å². The maximum Gasteiger partial charge on any atom is 0.312 e. The van der Waals surface area contributed by atoms with Gasteiger partial charge in [0.15, 0.2) is 0 Å². The first-order valence-electron chi connectivity index (χ1n) is 6.11. The number of cyclic esters (lactones) is 1. The minimum atomic E-state index is -0.141. The minimum absolute atomic E-state index is 0.0952. The van der Waals surface area contributed by atoms with Gasteiger partial charge in [-0.2, -0.15) is 0 Å². The van der Waals surface area contributed by atoms with Crippen LogP contribution in [0, 0.1) is 10.8 Å². The Kier molecular flexibility index (Phi) is 1.95. The minimum Gasteiger partial charge on any atom is -0.465 e. The highest BCUT2D eigenvalue weighted by Gasteiger charge is 2.59. The molecule has 2 heteroatoms. The summed E-state index contributed by atoms with van der Waals surface area (Å²) >= 11 is 0. The average molecular weight is 206 g/mol. The standard InChI is InChI=1S/C13H18O2/c14-11-13-7-3-1-5-12(13,9-10-15-11)6-2-4-8-13/h1,3H,2,4-10H2/t12-,13+/m1/s1. The summed E-state index contributed by atoms with van der Waals surface area (Å²) in [5, 5.41) is 0. The first kappa shape index (κ1) is 9.44. The molecule has 15 heavy (non-hydrogen) atoms. The maximum absolute atomic E-state index is 12.1. The molecule has 3 rings (SSSR count). The van der Waals surface area contributed by atoms with E-state index in [2.05, 4.69) is 12.2 Å². The smallest absolute Gasteiger partial charge is 0.312 e. The van der Waals surface area contributed by atoms with Crippen LogP contribution in [0.25, 0.3) is 0 Å². The number of hydrogen-bond donors (Lipinski definition) is 0. The SMILES string of the molecule is O=C1OCC[C@]23CC=CC[C@]12CCCC3. The second-order valence-electron chi connectivity index (χ2n) is 5.34. The number of esters is 1. The molecule has 3 aliphatic rings. The Labute approximate surface area is 90.7 Å². The van der Waals surface area contributed by atoms with E-state index in [0.717, 1.165) is 25.7 Å². The molecule has 1 saturated heterocycles. The van der Waals surface area contributed by atoms with Gasteiger partial charge in [-0.05, 0) is 37.5 Å². The fourth-order valence-corrected chi connectivity index (χ4v) is 3.95. The molecule has 82 valence electrons. The zero-order chi connectivity index (χ0) is 10.4. The summed E-state index contributed by atoms with van der Waals surface area (Å²) in [6.45, 7) is 0.647. The third-order valence-electron chi connectivity index (χ3n) is 4.87. The second kappa shape index (κ2) is 3.10. The summed E-state index contributed by atoms with van der Waals surface area (Å²) in [5.41, 5.74) is 0.119. The van der Waals surface area contributed by atoms with Crippen LogP contribution in [0.1, 0.15) is 44.9 Å². The summed E-state index contributed by atoms with van der Waals surface area (Å²) in [5.74, 6) is 0.0952. The van der Waals surface area contributed by atoms with E-state index < -0.39 is 0 Å². The fraction of sp³-hybridized carbons (Fsp3) is 0.769. The predicted molar refractivity (Wildman–Crippen MR) is 57.3 cm³/mol. The van der Waals surface area contributed by atoms with Crippen molar-refractivity contribution >= 4 is 5.97 Å². The van der Waals surface area contributed by atoms with Crippen LogP contribution in [0.5, 0.6) is 0 Å². The van der Waals surface area contributed by atoms with E-state index in [9.17, 15) is 4.79 Å². The van der Waals surface area contributed by atoms with Gasteiger partial charge in [-0.3, -0.25) is 4.79 Å². The molecule has 0 unspecified atom stereocenters. The number of carbonyl (C=O) groups is 1. The van der Waals surface area contributed by atoms with Crippen LogP contribution in [0.2, 0.25) is 0 Å². The van der Waals surface area contributed by atoms with Crippen molar-refractivity contribution in [3.05, 3.63) is 12.2 Å². The lowest BCUT2D eigenvalue weighted by Crippen LogP contribution is -2.55. The summed E-state index contributed by atoms with van der Waals surface area (Å²) in [4.78, 5) is 12.1. The van der Waals surface area contributed by atoms with Gasteiger partial charge in [0, 0.05) is 0 Å². The van der Waals surface area contributed by atoms with Crippen LogP contribution in [0.15, 0.2) is 12.2 Å².